The number of nitrogens with one attached hydrogen (secondary N) is 1. The molecule has 0 aromatic heterocycles. The van der Waals surface area contributed by atoms with Crippen LogP contribution in [0.4, 0.5) is 4.39 Å². The zero-order valence-corrected chi connectivity index (χ0v) is 13.4. The number of carbonyl (C=O) groups excluding carboxylic acids is 1. The zero-order valence-electron chi connectivity index (χ0n) is 11.0. The average molecular weight is 382 g/mol. The monoisotopic (exact) mass is 381 g/mol. The molecule has 0 atom stereocenters. The SMILES string of the molecule is CCNC(=O)CCS(=O)(=O)c1cc(Br)cc(C(=O)O)c1F. The Morgan fingerprint density at radius 1 is 1.38 bits per heavy atom. The molecule has 0 saturated carbocycles. The number of amides is 1. The fraction of sp³-hybridized carbons (Fsp3) is 0.333. The van der Waals surface area contributed by atoms with E-state index < -0.39 is 43.7 Å². The summed E-state index contributed by atoms with van der Waals surface area (Å²) >= 11 is 2.94. The van der Waals surface area contributed by atoms with E-state index in [0.29, 0.717) is 6.54 Å². The minimum absolute atomic E-state index is 0.123. The fourth-order valence-electron chi connectivity index (χ4n) is 1.57. The van der Waals surface area contributed by atoms with Crippen LogP contribution in [0.2, 0.25) is 0 Å². The van der Waals surface area contributed by atoms with Gasteiger partial charge in [-0.1, -0.05) is 15.9 Å². The number of hydrogen-bond acceptors (Lipinski definition) is 4. The molecule has 1 aromatic rings. The lowest BCUT2D eigenvalue weighted by Crippen LogP contribution is -2.25. The summed E-state index contributed by atoms with van der Waals surface area (Å²) in [6, 6.07) is 1.95. The van der Waals surface area contributed by atoms with Gasteiger partial charge in [-0.3, -0.25) is 4.79 Å². The Bertz CT molecular complexity index is 674. The van der Waals surface area contributed by atoms with Crippen LogP contribution in [0.3, 0.4) is 0 Å². The standard InChI is InChI=1S/C12H13BrFNO5S/c1-2-15-10(16)3-4-21(19,20)9-6-7(13)5-8(11(9)14)12(17)18/h5-6H,2-4H2,1H3,(H,15,16)(H,17,18). The first-order valence-electron chi connectivity index (χ1n) is 5.90. The quantitative estimate of drug-likeness (QED) is 0.778. The predicted molar refractivity (Wildman–Crippen MR) is 76.4 cm³/mol. The summed E-state index contributed by atoms with van der Waals surface area (Å²) in [4.78, 5) is 21.4. The first-order chi connectivity index (χ1) is 9.69. The number of benzene rings is 1. The Labute approximate surface area is 129 Å². The predicted octanol–water partition coefficient (Wildman–Crippen LogP) is 1.59. The first-order valence-corrected chi connectivity index (χ1v) is 8.35. The molecule has 116 valence electrons. The van der Waals surface area contributed by atoms with Crippen molar-refractivity contribution in [1.29, 1.82) is 0 Å². The number of aromatic carboxylic acids is 1. The molecular weight excluding hydrogens is 369 g/mol. The van der Waals surface area contributed by atoms with Gasteiger partial charge >= 0.3 is 5.97 Å². The molecule has 1 rings (SSSR count). The van der Waals surface area contributed by atoms with E-state index >= 15 is 0 Å². The van der Waals surface area contributed by atoms with E-state index in [1.165, 1.54) is 0 Å². The lowest BCUT2D eigenvalue weighted by molar-refractivity contribution is -0.120. The van der Waals surface area contributed by atoms with Crippen LogP contribution in [0.5, 0.6) is 0 Å². The zero-order chi connectivity index (χ0) is 16.2. The molecule has 0 aliphatic carbocycles. The third kappa shape index (κ3) is 4.50. The minimum atomic E-state index is -4.11. The smallest absolute Gasteiger partial charge is 0.338 e. The van der Waals surface area contributed by atoms with Crippen molar-refractivity contribution in [3.63, 3.8) is 0 Å². The molecule has 2 N–H and O–H groups in total. The summed E-state index contributed by atoms with van der Waals surface area (Å²) in [5.41, 5.74) is -0.749. The molecule has 1 amide bonds. The average Bonchev–Trinajstić information content (AvgIpc) is 2.39. The molecule has 9 heteroatoms. The molecule has 0 heterocycles. The molecule has 6 nitrogen and oxygen atoms in total. The fourth-order valence-corrected chi connectivity index (χ4v) is 3.54. The van der Waals surface area contributed by atoms with Gasteiger partial charge in [0.15, 0.2) is 15.7 Å². The van der Waals surface area contributed by atoms with Gasteiger partial charge in [0.1, 0.15) is 4.90 Å². The van der Waals surface area contributed by atoms with Crippen LogP contribution in [0.1, 0.15) is 23.7 Å². The Balaban J connectivity index is 3.14. The summed E-state index contributed by atoms with van der Waals surface area (Å²) < 4.78 is 38.2. The minimum Gasteiger partial charge on any atom is -0.478 e. The van der Waals surface area contributed by atoms with E-state index in [0.717, 1.165) is 12.1 Å². The number of rotatable bonds is 6. The molecule has 0 spiro atoms. The van der Waals surface area contributed by atoms with Gasteiger partial charge in [-0.25, -0.2) is 17.6 Å². The van der Waals surface area contributed by atoms with Crippen LogP contribution in [-0.4, -0.2) is 37.7 Å². The lowest BCUT2D eigenvalue weighted by Gasteiger charge is -2.08. The maximum Gasteiger partial charge on any atom is 0.338 e. The van der Waals surface area contributed by atoms with E-state index in [4.69, 9.17) is 5.11 Å². The second-order valence-corrected chi connectivity index (χ2v) is 7.09. The molecule has 0 fully saturated rings. The third-order valence-electron chi connectivity index (χ3n) is 2.54. The summed E-state index contributed by atoms with van der Waals surface area (Å²) in [7, 11) is -4.11. The number of carboxylic acids is 1. The van der Waals surface area contributed by atoms with Gasteiger partial charge in [0.2, 0.25) is 5.91 Å². The van der Waals surface area contributed by atoms with E-state index in [9.17, 15) is 22.4 Å². The van der Waals surface area contributed by atoms with Crippen LogP contribution in [-0.2, 0) is 14.6 Å². The number of sulfone groups is 1. The van der Waals surface area contributed by atoms with Crippen LogP contribution >= 0.6 is 15.9 Å². The second-order valence-electron chi connectivity index (χ2n) is 4.09. The van der Waals surface area contributed by atoms with Crippen molar-refractivity contribution in [3.8, 4) is 0 Å². The highest BCUT2D eigenvalue weighted by Crippen LogP contribution is 2.25. The van der Waals surface area contributed by atoms with E-state index in [1.807, 2.05) is 0 Å². The number of hydrogen-bond donors (Lipinski definition) is 2. The first kappa shape index (κ1) is 17.6. The van der Waals surface area contributed by atoms with E-state index in [-0.39, 0.29) is 10.9 Å². The van der Waals surface area contributed by atoms with Gasteiger partial charge in [0.05, 0.1) is 11.3 Å². The highest BCUT2D eigenvalue weighted by atomic mass is 79.9. The molecule has 0 bridgehead atoms. The highest BCUT2D eigenvalue weighted by molar-refractivity contribution is 9.10. The molecule has 0 saturated heterocycles. The van der Waals surface area contributed by atoms with Gasteiger partial charge in [-0.05, 0) is 19.1 Å². The number of halogens is 2. The summed E-state index contributed by atoms with van der Waals surface area (Å²) in [5.74, 6) is -3.99. The van der Waals surface area contributed by atoms with Gasteiger partial charge in [0, 0.05) is 17.4 Å². The van der Waals surface area contributed by atoms with Crippen LogP contribution in [0, 0.1) is 5.82 Å². The third-order valence-corrected chi connectivity index (χ3v) is 4.71. The van der Waals surface area contributed by atoms with Gasteiger partial charge in [-0.2, -0.15) is 0 Å². The molecule has 0 aliphatic heterocycles. The Morgan fingerprint density at radius 3 is 2.52 bits per heavy atom. The maximum atomic E-state index is 14.0. The summed E-state index contributed by atoms with van der Waals surface area (Å²) in [5, 5.41) is 11.3. The van der Waals surface area contributed by atoms with Crippen molar-refractivity contribution >= 4 is 37.6 Å². The van der Waals surface area contributed by atoms with Crippen molar-refractivity contribution < 1.29 is 27.5 Å². The van der Waals surface area contributed by atoms with Gasteiger partial charge in [-0.15, -0.1) is 0 Å². The van der Waals surface area contributed by atoms with Crippen LogP contribution < -0.4 is 5.32 Å². The van der Waals surface area contributed by atoms with Crippen molar-refractivity contribution in [2.45, 2.75) is 18.2 Å². The Kier molecular flexibility index (Phi) is 5.85. The molecule has 21 heavy (non-hydrogen) atoms. The Morgan fingerprint density at radius 2 is 2.00 bits per heavy atom. The summed E-state index contributed by atoms with van der Waals surface area (Å²) in [6.45, 7) is 2.03. The highest BCUT2D eigenvalue weighted by Gasteiger charge is 2.25. The molecular formula is C12H13BrFNO5S. The molecule has 0 unspecified atom stereocenters. The largest absolute Gasteiger partial charge is 0.478 e. The number of carbonyl (C=O) groups is 2. The second kappa shape index (κ2) is 6.99. The number of carboxylic acid groups (broad SMARTS) is 1. The van der Waals surface area contributed by atoms with Gasteiger partial charge < -0.3 is 10.4 Å². The summed E-state index contributed by atoms with van der Waals surface area (Å²) in [6.07, 6.45) is -0.329. The van der Waals surface area contributed by atoms with Crippen molar-refractivity contribution in [2.24, 2.45) is 0 Å². The lowest BCUT2D eigenvalue weighted by atomic mass is 10.2. The van der Waals surface area contributed by atoms with E-state index in [1.54, 1.807) is 6.92 Å². The van der Waals surface area contributed by atoms with Crippen molar-refractivity contribution in [3.05, 3.63) is 28.0 Å². The normalized spacial score (nSPS) is 11.2. The van der Waals surface area contributed by atoms with E-state index in [2.05, 4.69) is 21.2 Å². The molecule has 0 radical (unpaired) electrons. The van der Waals surface area contributed by atoms with Crippen molar-refractivity contribution in [2.75, 3.05) is 12.3 Å². The van der Waals surface area contributed by atoms with Gasteiger partial charge in [0.25, 0.3) is 0 Å². The maximum absolute atomic E-state index is 14.0. The molecule has 1 aromatic carbocycles. The molecule has 0 aliphatic rings. The van der Waals surface area contributed by atoms with Crippen molar-refractivity contribution in [1.82, 2.24) is 5.32 Å². The van der Waals surface area contributed by atoms with Crippen LogP contribution in [0.15, 0.2) is 21.5 Å². The van der Waals surface area contributed by atoms with Crippen LogP contribution in [0.25, 0.3) is 0 Å². The Hall–Kier alpha value is -1.48. The topological polar surface area (TPSA) is 101 Å².